The van der Waals surface area contributed by atoms with Gasteiger partial charge in [-0.25, -0.2) is 9.13 Å². The lowest BCUT2D eigenvalue weighted by Crippen LogP contribution is -2.37. The topological polar surface area (TPSA) is 8.81 Å². The third kappa shape index (κ3) is 27.2. The van der Waals surface area contributed by atoms with Crippen molar-refractivity contribution in [3.05, 3.63) is 18.2 Å². The van der Waals surface area contributed by atoms with E-state index in [-0.39, 0.29) is 0 Å². The molecule has 0 saturated heterocycles. The Balaban J connectivity index is 2.27. The van der Waals surface area contributed by atoms with E-state index in [0.29, 0.717) is 0 Å². The fraction of sp³-hybridized carbons (Fsp3) is 0.932. The minimum atomic E-state index is 1.23. The normalized spacial score (nSPS) is 11.6. The third-order valence-corrected chi connectivity index (χ3v) is 10.6. The second-order valence-electron chi connectivity index (χ2n) is 15.2. The zero-order chi connectivity index (χ0) is 33.0. The van der Waals surface area contributed by atoms with E-state index in [9.17, 15) is 0 Å². The summed E-state index contributed by atoms with van der Waals surface area (Å²) in [5, 5.41) is 0. The maximum Gasteiger partial charge on any atom is 0.256 e. The summed E-state index contributed by atoms with van der Waals surface area (Å²) in [5.41, 5.74) is 0. The van der Waals surface area contributed by atoms with Gasteiger partial charge in [0, 0.05) is 6.42 Å². The van der Waals surface area contributed by atoms with Crippen molar-refractivity contribution in [2.75, 3.05) is 0 Å². The molecule has 0 fully saturated rings. The smallest absolute Gasteiger partial charge is 0.234 e. The second kappa shape index (κ2) is 35.5. The summed E-state index contributed by atoms with van der Waals surface area (Å²) in [6.45, 7) is 9.41. The van der Waals surface area contributed by atoms with E-state index in [0.717, 1.165) is 0 Å². The van der Waals surface area contributed by atoms with E-state index in [4.69, 9.17) is 0 Å². The number of rotatable bonds is 38. The van der Waals surface area contributed by atoms with Crippen LogP contribution < -0.4 is 4.57 Å². The molecule has 272 valence electrons. The molecule has 0 bridgehead atoms. The number of imidazole rings is 1. The van der Waals surface area contributed by atoms with Crippen LogP contribution in [-0.2, 0) is 19.5 Å². The van der Waals surface area contributed by atoms with Crippen molar-refractivity contribution >= 4 is 0 Å². The van der Waals surface area contributed by atoms with E-state index < -0.39 is 0 Å². The summed E-state index contributed by atoms with van der Waals surface area (Å²) in [7, 11) is 0. The Hall–Kier alpha value is -0.790. The van der Waals surface area contributed by atoms with Crippen LogP contribution in [0, 0.1) is 0 Å². The molecule has 0 radical (unpaired) electrons. The van der Waals surface area contributed by atoms with Gasteiger partial charge in [-0.1, -0.05) is 213 Å². The van der Waals surface area contributed by atoms with Crippen molar-refractivity contribution in [2.24, 2.45) is 0 Å². The fourth-order valence-electron chi connectivity index (χ4n) is 7.39. The van der Waals surface area contributed by atoms with Crippen LogP contribution in [0.2, 0.25) is 0 Å². The average molecular weight is 644 g/mol. The zero-order valence-electron chi connectivity index (χ0n) is 32.4. The lowest BCUT2D eigenvalue weighted by atomic mass is 10.0. The Labute approximate surface area is 291 Å². The lowest BCUT2D eigenvalue weighted by Gasteiger charge is -2.07. The summed E-state index contributed by atoms with van der Waals surface area (Å²) < 4.78 is 5.29. The molecular weight excluding hydrogens is 556 g/mol. The van der Waals surface area contributed by atoms with Gasteiger partial charge in [0.05, 0.1) is 13.1 Å². The molecule has 0 amide bonds. The fourth-order valence-corrected chi connectivity index (χ4v) is 7.39. The first-order chi connectivity index (χ1) is 22.8. The van der Waals surface area contributed by atoms with Gasteiger partial charge in [-0.3, -0.25) is 0 Å². The zero-order valence-corrected chi connectivity index (χ0v) is 32.4. The number of aromatic nitrogens is 2. The molecule has 1 aromatic heterocycles. The van der Waals surface area contributed by atoms with Crippen molar-refractivity contribution in [3.8, 4) is 0 Å². The van der Waals surface area contributed by atoms with Gasteiger partial charge in [0.25, 0.3) is 5.82 Å². The van der Waals surface area contributed by atoms with Crippen molar-refractivity contribution in [3.63, 3.8) is 0 Å². The Morgan fingerprint density at radius 3 is 1.04 bits per heavy atom. The number of hydrogen-bond donors (Lipinski definition) is 0. The molecule has 0 aromatic carbocycles. The lowest BCUT2D eigenvalue weighted by molar-refractivity contribution is -0.704. The standard InChI is InChI=1S/C44H87N2/c1-4-7-10-13-16-19-21-23-25-28-31-34-37-40-45-42-43-46(44(45)39-36-33-30-27-18-15-12-9-6-3)41-38-35-32-29-26-24-22-20-17-14-11-8-5-2/h42-43H,4-41H2,1-3H3/q+1. The highest BCUT2D eigenvalue weighted by atomic mass is 15.1. The molecule has 2 heteroatoms. The maximum atomic E-state index is 2.64. The highest BCUT2D eigenvalue weighted by molar-refractivity contribution is 4.84. The molecule has 2 nitrogen and oxygen atoms in total. The van der Waals surface area contributed by atoms with Crippen LogP contribution in [0.15, 0.2) is 12.4 Å². The first-order valence-corrected chi connectivity index (χ1v) is 21.9. The maximum absolute atomic E-state index is 2.64. The molecule has 1 heterocycles. The molecule has 0 aliphatic rings. The average Bonchev–Trinajstić information content (AvgIpc) is 3.45. The molecule has 0 spiro atoms. The van der Waals surface area contributed by atoms with Gasteiger partial charge in [0.2, 0.25) is 0 Å². The van der Waals surface area contributed by atoms with Gasteiger partial charge in [0.15, 0.2) is 0 Å². The van der Waals surface area contributed by atoms with Crippen molar-refractivity contribution < 1.29 is 4.57 Å². The molecule has 0 N–H and O–H groups in total. The minimum absolute atomic E-state index is 1.23. The molecule has 0 aliphatic heterocycles. The van der Waals surface area contributed by atoms with Crippen molar-refractivity contribution in [2.45, 2.75) is 265 Å². The Morgan fingerprint density at radius 2 is 0.674 bits per heavy atom. The molecule has 0 saturated carbocycles. The SMILES string of the molecule is CCCCCCCCCCCCCCCn1cc[n+](CCCCCCCCCCCCCCC)c1CCCCCCCCCCC. The van der Waals surface area contributed by atoms with Gasteiger partial charge in [0.1, 0.15) is 12.4 Å². The largest absolute Gasteiger partial charge is 0.256 e. The van der Waals surface area contributed by atoms with Crippen LogP contribution in [0.5, 0.6) is 0 Å². The number of unbranched alkanes of at least 4 members (excludes halogenated alkanes) is 32. The van der Waals surface area contributed by atoms with E-state index in [1.807, 2.05) is 0 Å². The van der Waals surface area contributed by atoms with Crippen molar-refractivity contribution in [1.29, 1.82) is 0 Å². The third-order valence-electron chi connectivity index (χ3n) is 10.6. The molecule has 46 heavy (non-hydrogen) atoms. The first-order valence-electron chi connectivity index (χ1n) is 21.9. The summed E-state index contributed by atoms with van der Waals surface area (Å²) in [6, 6.07) is 0. The Kier molecular flexibility index (Phi) is 33.4. The van der Waals surface area contributed by atoms with E-state index in [2.05, 4.69) is 42.3 Å². The van der Waals surface area contributed by atoms with Crippen LogP contribution in [0.25, 0.3) is 0 Å². The van der Waals surface area contributed by atoms with Gasteiger partial charge < -0.3 is 0 Å². The van der Waals surface area contributed by atoms with Crippen molar-refractivity contribution in [1.82, 2.24) is 4.57 Å². The van der Waals surface area contributed by atoms with Gasteiger partial charge in [-0.15, -0.1) is 0 Å². The van der Waals surface area contributed by atoms with Crippen LogP contribution in [0.1, 0.15) is 251 Å². The van der Waals surface area contributed by atoms with Gasteiger partial charge >= 0.3 is 0 Å². The highest BCUT2D eigenvalue weighted by Gasteiger charge is 2.16. The summed E-state index contributed by atoms with van der Waals surface area (Å²) in [6.07, 6.45) is 56.3. The minimum Gasteiger partial charge on any atom is -0.234 e. The predicted octanol–water partition coefficient (Wildman–Crippen LogP) is 15.0. The van der Waals surface area contributed by atoms with Gasteiger partial charge in [-0.05, 0) is 32.1 Å². The van der Waals surface area contributed by atoms with Crippen LogP contribution in [0.4, 0.5) is 0 Å². The Morgan fingerprint density at radius 1 is 0.370 bits per heavy atom. The van der Waals surface area contributed by atoms with E-state index in [1.165, 1.54) is 244 Å². The monoisotopic (exact) mass is 644 g/mol. The number of nitrogens with zero attached hydrogens (tertiary/aromatic N) is 2. The summed E-state index contributed by atoms with van der Waals surface area (Å²) in [4.78, 5) is 0. The molecule has 0 unspecified atom stereocenters. The van der Waals surface area contributed by atoms with Crippen LogP contribution >= 0.6 is 0 Å². The summed E-state index contributed by atoms with van der Waals surface area (Å²) >= 11 is 0. The number of hydrogen-bond acceptors (Lipinski definition) is 0. The molecule has 0 atom stereocenters. The Bertz CT molecular complexity index is 659. The number of aryl methyl sites for hydroxylation is 2. The molecule has 1 rings (SSSR count). The molecule has 1 aromatic rings. The van der Waals surface area contributed by atoms with Crippen LogP contribution in [-0.4, -0.2) is 4.57 Å². The quantitative estimate of drug-likeness (QED) is 0.0501. The van der Waals surface area contributed by atoms with E-state index >= 15 is 0 Å². The van der Waals surface area contributed by atoms with E-state index in [1.54, 1.807) is 5.82 Å². The first kappa shape index (κ1) is 43.2. The second-order valence-corrected chi connectivity index (χ2v) is 15.2. The van der Waals surface area contributed by atoms with Crippen LogP contribution in [0.3, 0.4) is 0 Å². The molecule has 0 aliphatic carbocycles. The predicted molar refractivity (Wildman–Crippen MR) is 207 cm³/mol. The highest BCUT2D eigenvalue weighted by Crippen LogP contribution is 2.16. The van der Waals surface area contributed by atoms with Gasteiger partial charge in [-0.2, -0.15) is 0 Å². The summed E-state index contributed by atoms with van der Waals surface area (Å²) in [5.74, 6) is 1.63. The molecular formula is C44H87N2+.